The summed E-state index contributed by atoms with van der Waals surface area (Å²) in [6.07, 6.45) is 0. The minimum Gasteiger partial charge on any atom is -0.329 e. The van der Waals surface area contributed by atoms with Crippen LogP contribution in [0.25, 0.3) is 0 Å². The van der Waals surface area contributed by atoms with Crippen molar-refractivity contribution in [2.24, 2.45) is 0 Å². The molecular formula is C11H12F2N2OS. The van der Waals surface area contributed by atoms with Crippen molar-refractivity contribution in [2.45, 2.75) is 6.04 Å². The van der Waals surface area contributed by atoms with Gasteiger partial charge >= 0.3 is 6.03 Å². The van der Waals surface area contributed by atoms with Crippen LogP contribution in [-0.2, 0) is 0 Å². The third-order valence-electron chi connectivity index (χ3n) is 2.70. The van der Waals surface area contributed by atoms with Crippen LogP contribution in [0.15, 0.2) is 18.2 Å². The van der Waals surface area contributed by atoms with Gasteiger partial charge in [0, 0.05) is 18.8 Å². The number of carbonyl (C=O) groups excluding carboxylic acids is 1. The van der Waals surface area contributed by atoms with Crippen LogP contribution in [0.4, 0.5) is 13.6 Å². The number of thiol groups is 1. The van der Waals surface area contributed by atoms with Crippen LogP contribution in [0.3, 0.4) is 0 Å². The Morgan fingerprint density at radius 2 is 2.18 bits per heavy atom. The van der Waals surface area contributed by atoms with Crippen molar-refractivity contribution in [1.82, 2.24) is 10.2 Å². The fourth-order valence-corrected chi connectivity index (χ4v) is 2.06. The molecule has 1 atom stereocenters. The normalized spacial score (nSPS) is 19.6. The van der Waals surface area contributed by atoms with E-state index in [0.29, 0.717) is 24.4 Å². The molecule has 0 spiro atoms. The molecule has 92 valence electrons. The van der Waals surface area contributed by atoms with Crippen molar-refractivity contribution >= 4 is 18.7 Å². The summed E-state index contributed by atoms with van der Waals surface area (Å²) in [7, 11) is 0. The molecular weight excluding hydrogens is 246 g/mol. The molecule has 3 nitrogen and oxygen atoms in total. The molecule has 2 rings (SSSR count). The van der Waals surface area contributed by atoms with Gasteiger partial charge in [-0.1, -0.05) is 6.07 Å². The fourth-order valence-electron chi connectivity index (χ4n) is 1.82. The van der Waals surface area contributed by atoms with E-state index in [1.54, 1.807) is 4.90 Å². The van der Waals surface area contributed by atoms with Crippen molar-refractivity contribution in [3.63, 3.8) is 0 Å². The highest BCUT2D eigenvalue weighted by atomic mass is 32.1. The molecule has 6 heteroatoms. The van der Waals surface area contributed by atoms with Gasteiger partial charge < -0.3 is 10.2 Å². The van der Waals surface area contributed by atoms with Crippen LogP contribution < -0.4 is 5.32 Å². The largest absolute Gasteiger partial charge is 0.329 e. The average Bonchev–Trinajstić information content (AvgIpc) is 2.65. The van der Waals surface area contributed by atoms with Crippen molar-refractivity contribution < 1.29 is 13.6 Å². The quantitative estimate of drug-likeness (QED) is 0.798. The van der Waals surface area contributed by atoms with Crippen LogP contribution in [0.2, 0.25) is 0 Å². The van der Waals surface area contributed by atoms with E-state index in [-0.39, 0.29) is 12.1 Å². The van der Waals surface area contributed by atoms with E-state index in [2.05, 4.69) is 17.9 Å². The Morgan fingerprint density at radius 1 is 1.41 bits per heavy atom. The maximum absolute atomic E-state index is 13.1. The highest BCUT2D eigenvalue weighted by Gasteiger charge is 2.29. The van der Waals surface area contributed by atoms with E-state index in [0.717, 1.165) is 12.1 Å². The van der Waals surface area contributed by atoms with Crippen molar-refractivity contribution in [3.8, 4) is 0 Å². The minimum atomic E-state index is -0.899. The first-order valence-corrected chi connectivity index (χ1v) is 5.86. The predicted molar refractivity (Wildman–Crippen MR) is 63.1 cm³/mol. The summed E-state index contributed by atoms with van der Waals surface area (Å²) in [4.78, 5) is 13.1. The summed E-state index contributed by atoms with van der Waals surface area (Å²) < 4.78 is 25.8. The lowest BCUT2D eigenvalue weighted by molar-refractivity contribution is 0.220. The van der Waals surface area contributed by atoms with Gasteiger partial charge in [-0.05, 0) is 17.7 Å². The molecule has 1 unspecified atom stereocenters. The highest BCUT2D eigenvalue weighted by Crippen LogP contribution is 2.21. The molecule has 1 N–H and O–H groups in total. The first-order chi connectivity index (χ1) is 8.11. The number of urea groups is 1. The van der Waals surface area contributed by atoms with Gasteiger partial charge in [-0.2, -0.15) is 12.6 Å². The molecule has 1 heterocycles. The molecule has 1 aromatic carbocycles. The Balaban J connectivity index is 2.14. The van der Waals surface area contributed by atoms with E-state index in [1.807, 2.05) is 0 Å². The summed E-state index contributed by atoms with van der Waals surface area (Å²) in [5, 5.41) is 2.72. The second-order valence-electron chi connectivity index (χ2n) is 3.85. The lowest BCUT2D eigenvalue weighted by Crippen LogP contribution is -2.29. The first kappa shape index (κ1) is 12.2. The van der Waals surface area contributed by atoms with Gasteiger partial charge in [-0.25, -0.2) is 13.6 Å². The van der Waals surface area contributed by atoms with E-state index in [4.69, 9.17) is 0 Å². The van der Waals surface area contributed by atoms with Gasteiger partial charge in [0.1, 0.15) is 0 Å². The molecule has 1 fully saturated rings. The second-order valence-corrected chi connectivity index (χ2v) is 4.29. The first-order valence-electron chi connectivity index (χ1n) is 5.23. The topological polar surface area (TPSA) is 32.3 Å². The molecule has 17 heavy (non-hydrogen) atoms. The summed E-state index contributed by atoms with van der Waals surface area (Å²) in [6, 6.07) is 3.17. The molecule has 1 saturated heterocycles. The Bertz CT molecular complexity index is 441. The summed E-state index contributed by atoms with van der Waals surface area (Å²) in [5.41, 5.74) is 0.568. The highest BCUT2D eigenvalue weighted by molar-refractivity contribution is 7.80. The van der Waals surface area contributed by atoms with Crippen LogP contribution >= 0.6 is 12.6 Å². The smallest absolute Gasteiger partial charge is 0.318 e. The van der Waals surface area contributed by atoms with Gasteiger partial charge in [-0.3, -0.25) is 0 Å². The second kappa shape index (κ2) is 4.91. The van der Waals surface area contributed by atoms with Crippen LogP contribution in [0.1, 0.15) is 11.6 Å². The van der Waals surface area contributed by atoms with Gasteiger partial charge in [0.2, 0.25) is 0 Å². The van der Waals surface area contributed by atoms with Crippen molar-refractivity contribution in [3.05, 3.63) is 35.4 Å². The maximum Gasteiger partial charge on any atom is 0.318 e. The van der Waals surface area contributed by atoms with Gasteiger partial charge in [0.25, 0.3) is 0 Å². The van der Waals surface area contributed by atoms with Gasteiger partial charge in [0.05, 0.1) is 6.04 Å². The maximum atomic E-state index is 13.1. The molecule has 0 aliphatic carbocycles. The average molecular weight is 258 g/mol. The Labute approximate surface area is 103 Å². The number of nitrogens with one attached hydrogen (secondary N) is 1. The van der Waals surface area contributed by atoms with Crippen LogP contribution in [0.5, 0.6) is 0 Å². The third-order valence-corrected chi connectivity index (χ3v) is 2.90. The monoisotopic (exact) mass is 258 g/mol. The van der Waals surface area contributed by atoms with E-state index in [9.17, 15) is 13.6 Å². The zero-order valence-corrected chi connectivity index (χ0v) is 9.88. The van der Waals surface area contributed by atoms with Crippen molar-refractivity contribution in [1.29, 1.82) is 0 Å². The number of halogens is 2. The SMILES string of the molecule is O=C1NC(c2ccc(F)c(F)c2)CN1CCS. The number of nitrogens with zero attached hydrogens (tertiary/aromatic N) is 1. The Kier molecular flexibility index (Phi) is 3.51. The molecule has 0 radical (unpaired) electrons. The fraction of sp³-hybridized carbons (Fsp3) is 0.364. The molecule has 0 saturated carbocycles. The Hall–Kier alpha value is -1.30. The lowest BCUT2D eigenvalue weighted by Gasteiger charge is -2.12. The van der Waals surface area contributed by atoms with E-state index in [1.165, 1.54) is 6.07 Å². The molecule has 1 aliphatic rings. The summed E-state index contributed by atoms with van der Waals surface area (Å²) in [6.45, 7) is 0.986. The van der Waals surface area contributed by atoms with Gasteiger partial charge in [0.15, 0.2) is 11.6 Å². The number of amides is 2. The zero-order valence-electron chi connectivity index (χ0n) is 8.99. The Morgan fingerprint density at radius 3 is 2.82 bits per heavy atom. The van der Waals surface area contributed by atoms with E-state index >= 15 is 0 Å². The molecule has 2 amide bonds. The molecule has 1 aromatic rings. The molecule has 1 aliphatic heterocycles. The van der Waals surface area contributed by atoms with Crippen molar-refractivity contribution in [2.75, 3.05) is 18.8 Å². The van der Waals surface area contributed by atoms with Crippen LogP contribution in [-0.4, -0.2) is 29.8 Å². The lowest BCUT2D eigenvalue weighted by atomic mass is 10.1. The molecule has 0 aromatic heterocycles. The summed E-state index contributed by atoms with van der Waals surface area (Å²) in [5.74, 6) is -1.22. The van der Waals surface area contributed by atoms with Crippen LogP contribution in [0, 0.1) is 11.6 Å². The summed E-state index contributed by atoms with van der Waals surface area (Å²) >= 11 is 4.05. The third kappa shape index (κ3) is 2.52. The molecule has 0 bridgehead atoms. The zero-order chi connectivity index (χ0) is 12.4. The number of carbonyl (C=O) groups is 1. The van der Waals surface area contributed by atoms with E-state index < -0.39 is 11.6 Å². The number of hydrogen-bond acceptors (Lipinski definition) is 2. The predicted octanol–water partition coefficient (Wildman–Crippen LogP) is 1.96. The van der Waals surface area contributed by atoms with Gasteiger partial charge in [-0.15, -0.1) is 0 Å². The minimum absolute atomic E-state index is 0.200. The number of hydrogen-bond donors (Lipinski definition) is 2. The number of benzene rings is 1. The number of rotatable bonds is 3. The standard InChI is InChI=1S/C11H12F2N2OS/c12-8-2-1-7(5-9(8)13)10-6-15(3-4-17)11(16)14-10/h1-2,5,10,17H,3-4,6H2,(H,14,16).